The lowest BCUT2D eigenvalue weighted by molar-refractivity contribution is -0.145. The van der Waals surface area contributed by atoms with Crippen molar-refractivity contribution in [3.05, 3.63) is 53.9 Å². The largest absolute Gasteiger partial charge is 0.479 e. The van der Waals surface area contributed by atoms with E-state index in [2.05, 4.69) is 20.7 Å². The van der Waals surface area contributed by atoms with Gasteiger partial charge in [-0.15, -0.1) is 0 Å². The fraction of sp³-hybridized carbons (Fsp3) is 0.440. The first-order chi connectivity index (χ1) is 16.0. The number of amides is 1. The Balaban J connectivity index is 1.76. The van der Waals surface area contributed by atoms with E-state index in [1.807, 2.05) is 13.0 Å². The van der Waals surface area contributed by atoms with Crippen LogP contribution < -0.4 is 10.6 Å². The number of hydrogen-bond acceptors (Lipinski definition) is 5. The minimum absolute atomic E-state index is 0.201. The number of fused-ring (bicyclic) bond motifs is 1. The van der Waals surface area contributed by atoms with Crippen LogP contribution in [-0.4, -0.2) is 37.8 Å². The van der Waals surface area contributed by atoms with E-state index in [1.54, 1.807) is 42.1 Å². The van der Waals surface area contributed by atoms with Gasteiger partial charge < -0.3 is 15.7 Å². The fourth-order valence-corrected chi connectivity index (χ4v) is 4.71. The number of aromatic nitrogens is 3. The molecule has 8 nitrogen and oxygen atoms in total. The molecule has 1 unspecified atom stereocenters. The summed E-state index contributed by atoms with van der Waals surface area (Å²) < 4.78 is 1.79. The smallest absolute Gasteiger partial charge is 0.334 e. The summed E-state index contributed by atoms with van der Waals surface area (Å²) in [6.07, 6.45) is 9.04. The summed E-state index contributed by atoms with van der Waals surface area (Å²) in [5, 5.41) is 21.8. The third-order valence-corrected chi connectivity index (χ3v) is 6.65. The molecular formula is C25H31N5O3. The van der Waals surface area contributed by atoms with Gasteiger partial charge in [-0.3, -0.25) is 4.79 Å². The number of nitrogens with one attached hydrogen (secondary N) is 2. The van der Waals surface area contributed by atoms with Crippen molar-refractivity contribution >= 4 is 28.6 Å². The lowest BCUT2D eigenvalue weighted by atomic mass is 9.86. The van der Waals surface area contributed by atoms with E-state index >= 15 is 0 Å². The van der Waals surface area contributed by atoms with Gasteiger partial charge in [0.15, 0.2) is 11.2 Å². The van der Waals surface area contributed by atoms with Crippen molar-refractivity contribution in [2.45, 2.75) is 70.5 Å². The van der Waals surface area contributed by atoms with Crippen LogP contribution >= 0.6 is 0 Å². The summed E-state index contributed by atoms with van der Waals surface area (Å²) in [5.41, 5.74) is 0.702. The molecule has 0 radical (unpaired) electrons. The molecule has 0 aliphatic heterocycles. The van der Waals surface area contributed by atoms with Crippen LogP contribution in [0.5, 0.6) is 0 Å². The van der Waals surface area contributed by atoms with Crippen LogP contribution in [-0.2, 0) is 16.9 Å². The number of anilines is 1. The zero-order valence-electron chi connectivity index (χ0n) is 19.2. The Kier molecular flexibility index (Phi) is 6.62. The minimum Gasteiger partial charge on any atom is -0.479 e. The van der Waals surface area contributed by atoms with Crippen molar-refractivity contribution in [2.75, 3.05) is 5.32 Å². The van der Waals surface area contributed by atoms with Crippen molar-refractivity contribution in [2.24, 2.45) is 0 Å². The molecule has 0 spiro atoms. The molecule has 4 rings (SSSR count). The van der Waals surface area contributed by atoms with Crippen molar-refractivity contribution in [3.63, 3.8) is 0 Å². The number of aryl methyl sites for hydroxylation is 1. The van der Waals surface area contributed by atoms with Crippen LogP contribution in [0.3, 0.4) is 0 Å². The number of rotatable bonds is 8. The number of hydrogen-bond donors (Lipinski definition) is 3. The lowest BCUT2D eigenvalue weighted by Gasteiger charge is -2.31. The minimum atomic E-state index is -1.54. The van der Waals surface area contributed by atoms with E-state index < -0.39 is 17.4 Å². The molecule has 1 fully saturated rings. The van der Waals surface area contributed by atoms with Gasteiger partial charge >= 0.3 is 5.97 Å². The van der Waals surface area contributed by atoms with Crippen LogP contribution in [0.1, 0.15) is 68.3 Å². The molecule has 3 aromatic rings. The normalized spacial score (nSPS) is 16.3. The summed E-state index contributed by atoms with van der Waals surface area (Å²) >= 11 is 0. The van der Waals surface area contributed by atoms with Crippen molar-refractivity contribution < 1.29 is 14.7 Å². The second-order valence-electron chi connectivity index (χ2n) is 8.61. The van der Waals surface area contributed by atoms with E-state index in [0.29, 0.717) is 29.0 Å². The number of benzene rings is 1. The molecule has 3 N–H and O–H groups in total. The van der Waals surface area contributed by atoms with Crippen molar-refractivity contribution in [1.82, 2.24) is 20.1 Å². The third kappa shape index (κ3) is 4.29. The maximum Gasteiger partial charge on any atom is 0.334 e. The predicted molar refractivity (Wildman–Crippen MR) is 127 cm³/mol. The molecule has 8 heteroatoms. The Bertz CT molecular complexity index is 1140. The van der Waals surface area contributed by atoms with Crippen LogP contribution in [0.2, 0.25) is 0 Å². The third-order valence-electron chi connectivity index (χ3n) is 6.65. The monoisotopic (exact) mass is 449 g/mol. The van der Waals surface area contributed by atoms with E-state index in [4.69, 9.17) is 0 Å². The number of carbonyl (C=O) groups excluding carboxylic acids is 1. The average Bonchev–Trinajstić information content (AvgIpc) is 3.27. The number of nitrogens with zero attached hydrogens (tertiary/aromatic N) is 3. The van der Waals surface area contributed by atoms with Crippen molar-refractivity contribution in [1.29, 1.82) is 0 Å². The SMILES string of the molecule is CCn1ncc2c(NC3CCCCC3)c(C(=O)NC(CC)(C(=O)O)c3ccccc3)cnc21. The Hall–Kier alpha value is -3.42. The predicted octanol–water partition coefficient (Wildman–Crippen LogP) is 4.32. The van der Waals surface area contributed by atoms with E-state index in [-0.39, 0.29) is 12.5 Å². The first kappa shape index (κ1) is 22.8. The topological polar surface area (TPSA) is 109 Å². The van der Waals surface area contributed by atoms with E-state index in [9.17, 15) is 14.7 Å². The quantitative estimate of drug-likeness (QED) is 0.473. The molecule has 0 saturated heterocycles. The number of aliphatic carboxylic acids is 1. The Labute approximate surface area is 193 Å². The van der Waals surface area contributed by atoms with Crippen LogP contribution in [0.15, 0.2) is 42.7 Å². The summed E-state index contributed by atoms with van der Waals surface area (Å²) in [5.74, 6) is -1.57. The number of pyridine rings is 1. The van der Waals surface area contributed by atoms with Gasteiger partial charge in [-0.1, -0.05) is 56.5 Å². The molecule has 174 valence electrons. The molecule has 2 aromatic heterocycles. The highest BCUT2D eigenvalue weighted by atomic mass is 16.4. The van der Waals surface area contributed by atoms with Gasteiger partial charge in [0.1, 0.15) is 0 Å². The highest BCUT2D eigenvalue weighted by Crippen LogP contribution is 2.32. The average molecular weight is 450 g/mol. The molecule has 1 amide bonds. The molecule has 0 bridgehead atoms. The van der Waals surface area contributed by atoms with Gasteiger partial charge in [0, 0.05) is 18.8 Å². The highest BCUT2D eigenvalue weighted by molar-refractivity contribution is 6.08. The Morgan fingerprint density at radius 1 is 1.12 bits per heavy atom. The van der Waals surface area contributed by atoms with Gasteiger partial charge in [0.25, 0.3) is 5.91 Å². The molecular weight excluding hydrogens is 418 g/mol. The summed E-state index contributed by atoms with van der Waals surface area (Å²) in [6, 6.07) is 9.08. The molecule has 1 atom stereocenters. The zero-order valence-corrected chi connectivity index (χ0v) is 19.2. The molecule has 2 heterocycles. The van der Waals surface area contributed by atoms with E-state index in [1.165, 1.54) is 12.6 Å². The number of carbonyl (C=O) groups is 2. The first-order valence-corrected chi connectivity index (χ1v) is 11.7. The Morgan fingerprint density at radius 2 is 1.85 bits per heavy atom. The van der Waals surface area contributed by atoms with Gasteiger partial charge in [0.05, 0.1) is 22.8 Å². The maximum absolute atomic E-state index is 13.6. The number of carboxylic acid groups (broad SMARTS) is 1. The maximum atomic E-state index is 13.6. The number of carboxylic acids is 1. The molecule has 1 saturated carbocycles. The second kappa shape index (κ2) is 9.60. The van der Waals surface area contributed by atoms with Gasteiger partial charge in [-0.2, -0.15) is 5.10 Å². The van der Waals surface area contributed by atoms with E-state index in [0.717, 1.165) is 31.1 Å². The van der Waals surface area contributed by atoms with Gasteiger partial charge in [-0.25, -0.2) is 14.5 Å². The van der Waals surface area contributed by atoms with Crippen LogP contribution in [0, 0.1) is 0 Å². The van der Waals surface area contributed by atoms with Crippen LogP contribution in [0.4, 0.5) is 5.69 Å². The molecule has 33 heavy (non-hydrogen) atoms. The van der Waals surface area contributed by atoms with Gasteiger partial charge in [0.2, 0.25) is 0 Å². The van der Waals surface area contributed by atoms with Crippen molar-refractivity contribution in [3.8, 4) is 0 Å². The standard InChI is InChI=1S/C25H31N5O3/c1-3-25(24(32)33,17-11-7-5-8-12-17)29-23(31)20-15-26-22-19(16-27-30(22)4-2)21(20)28-18-13-9-6-10-14-18/h5,7-8,11-12,15-16,18H,3-4,6,9-10,13-14H2,1-2H3,(H,26,28)(H,29,31)(H,32,33). The zero-order chi connectivity index (χ0) is 23.4. The Morgan fingerprint density at radius 3 is 2.48 bits per heavy atom. The second-order valence-corrected chi connectivity index (χ2v) is 8.61. The molecule has 1 aromatic carbocycles. The van der Waals surface area contributed by atoms with Crippen LogP contribution in [0.25, 0.3) is 11.0 Å². The summed E-state index contributed by atoms with van der Waals surface area (Å²) in [6.45, 7) is 4.41. The highest BCUT2D eigenvalue weighted by Gasteiger charge is 2.41. The first-order valence-electron chi connectivity index (χ1n) is 11.7. The fourth-order valence-electron chi connectivity index (χ4n) is 4.71. The molecule has 1 aliphatic carbocycles. The summed E-state index contributed by atoms with van der Waals surface area (Å²) in [7, 11) is 0. The summed E-state index contributed by atoms with van der Waals surface area (Å²) in [4.78, 5) is 30.5. The lowest BCUT2D eigenvalue weighted by Crippen LogP contribution is -2.51. The molecule has 1 aliphatic rings. The van der Waals surface area contributed by atoms with Gasteiger partial charge in [-0.05, 0) is 31.7 Å².